The molecule has 3 heterocycles. The topological polar surface area (TPSA) is 107 Å². The molecule has 3 aromatic heterocycles. The van der Waals surface area contributed by atoms with Gasteiger partial charge in [0.1, 0.15) is 11.8 Å². The summed E-state index contributed by atoms with van der Waals surface area (Å²) in [5.41, 5.74) is 10.2. The van der Waals surface area contributed by atoms with Crippen molar-refractivity contribution in [2.75, 3.05) is 16.4 Å². The van der Waals surface area contributed by atoms with Gasteiger partial charge in [-0.15, -0.1) is 0 Å². The molecule has 2 aromatic carbocycles. The van der Waals surface area contributed by atoms with Gasteiger partial charge in [0.25, 0.3) is 5.91 Å². The van der Waals surface area contributed by atoms with Gasteiger partial charge in [-0.1, -0.05) is 29.5 Å². The Morgan fingerprint density at radius 3 is 2.65 bits per heavy atom. The molecule has 1 aliphatic carbocycles. The average Bonchev–Trinajstić information content (AvgIpc) is 3.51. The Morgan fingerprint density at radius 2 is 1.86 bits per heavy atom. The highest BCUT2D eigenvalue weighted by Crippen LogP contribution is 2.37. The van der Waals surface area contributed by atoms with Gasteiger partial charge in [0, 0.05) is 17.4 Å². The predicted octanol–water partition coefficient (Wildman–Crippen LogP) is 6.21. The van der Waals surface area contributed by atoms with Crippen LogP contribution in [0.2, 0.25) is 0 Å². The first-order valence-electron chi connectivity index (χ1n) is 12.2. The second-order valence-corrected chi connectivity index (χ2v) is 10.2. The fourth-order valence-electron chi connectivity index (χ4n) is 4.21. The van der Waals surface area contributed by atoms with Crippen LogP contribution in [0.3, 0.4) is 0 Å². The van der Waals surface area contributed by atoms with E-state index < -0.39 is 0 Å². The third-order valence-corrected chi connectivity index (χ3v) is 7.39. The first-order valence-corrected chi connectivity index (χ1v) is 13.0. The van der Waals surface area contributed by atoms with E-state index in [1.165, 1.54) is 24.2 Å². The van der Waals surface area contributed by atoms with Gasteiger partial charge in [0.2, 0.25) is 0 Å². The van der Waals surface area contributed by atoms with Crippen LogP contribution < -0.4 is 21.1 Å². The summed E-state index contributed by atoms with van der Waals surface area (Å²) in [5.74, 6) is 1.21. The number of hydrogen-bond acceptors (Lipinski definition) is 7. The number of thiazole rings is 1. The van der Waals surface area contributed by atoms with Crippen LogP contribution in [0.5, 0.6) is 5.88 Å². The second-order valence-electron chi connectivity index (χ2n) is 9.13. The Hall–Kier alpha value is -4.37. The van der Waals surface area contributed by atoms with Crippen LogP contribution in [0.1, 0.15) is 30.1 Å². The highest BCUT2D eigenvalue weighted by Gasteiger charge is 2.30. The minimum Gasteiger partial charge on any atom is -0.475 e. The molecule has 9 heteroatoms. The van der Waals surface area contributed by atoms with Gasteiger partial charge < -0.3 is 21.1 Å². The first kappa shape index (κ1) is 23.1. The van der Waals surface area contributed by atoms with Crippen LogP contribution in [-0.2, 0) is 0 Å². The number of carbonyl (C=O) groups is 1. The molecule has 0 spiro atoms. The van der Waals surface area contributed by atoms with E-state index in [-0.39, 0.29) is 12.0 Å². The van der Waals surface area contributed by atoms with E-state index >= 15 is 0 Å². The Balaban J connectivity index is 1.17. The molecule has 1 atom stereocenters. The summed E-state index contributed by atoms with van der Waals surface area (Å²) in [6.07, 6.45) is 6.32. The molecule has 0 aliphatic heterocycles. The molecule has 1 saturated carbocycles. The number of nitrogens with one attached hydrogen (secondary N) is 2. The molecule has 8 nitrogen and oxygen atoms in total. The number of nitrogens with two attached hydrogens (primary N) is 1. The van der Waals surface area contributed by atoms with Gasteiger partial charge in [0.15, 0.2) is 11.0 Å². The third kappa shape index (κ3) is 4.85. The molecule has 1 aliphatic rings. The van der Waals surface area contributed by atoms with E-state index in [9.17, 15) is 4.79 Å². The lowest BCUT2D eigenvalue weighted by molar-refractivity contribution is 0.102. The molecule has 37 heavy (non-hydrogen) atoms. The van der Waals surface area contributed by atoms with Crippen LogP contribution in [0, 0.1) is 5.92 Å². The highest BCUT2D eigenvalue weighted by atomic mass is 32.1. The summed E-state index contributed by atoms with van der Waals surface area (Å²) in [6.45, 7) is 2.13. The predicted molar refractivity (Wildman–Crippen MR) is 148 cm³/mol. The molecule has 6 rings (SSSR count). The number of rotatable bonds is 8. The van der Waals surface area contributed by atoms with E-state index in [0.29, 0.717) is 22.9 Å². The largest absolute Gasteiger partial charge is 0.475 e. The molecule has 1 unspecified atom stereocenters. The zero-order valence-corrected chi connectivity index (χ0v) is 21.0. The highest BCUT2D eigenvalue weighted by molar-refractivity contribution is 7.18. The van der Waals surface area contributed by atoms with E-state index in [1.807, 2.05) is 59.3 Å². The standard InChI is InChI=1S/C28H26N6O2S/c1-17(18-9-10-18)36-26-8-4-7-25-30-15-23(34(25)26)24-16-31-28(37-24)32-20-13-11-19(12-14-20)27(35)33-22-6-3-2-5-21(22)29/h2-8,11-18H,9-10,29H2,1H3,(H,31,32)(H,33,35). The fourth-order valence-corrected chi connectivity index (χ4v) is 5.05. The fraction of sp³-hybridized carbons (Fsp3) is 0.179. The monoisotopic (exact) mass is 510 g/mol. The second kappa shape index (κ2) is 9.59. The van der Waals surface area contributed by atoms with Crippen molar-refractivity contribution in [1.82, 2.24) is 14.4 Å². The molecular formula is C28H26N6O2S. The van der Waals surface area contributed by atoms with Gasteiger partial charge in [-0.3, -0.25) is 9.20 Å². The van der Waals surface area contributed by atoms with Crippen LogP contribution in [0.25, 0.3) is 16.2 Å². The number of fused-ring (bicyclic) bond motifs is 1. The van der Waals surface area contributed by atoms with Crippen molar-refractivity contribution < 1.29 is 9.53 Å². The Labute approximate surface area is 218 Å². The molecule has 186 valence electrons. The first-order chi connectivity index (χ1) is 18.0. The molecule has 0 saturated heterocycles. The minimum atomic E-state index is -0.220. The molecule has 5 aromatic rings. The lowest BCUT2D eigenvalue weighted by Gasteiger charge is -2.15. The maximum Gasteiger partial charge on any atom is 0.255 e. The zero-order valence-electron chi connectivity index (χ0n) is 20.2. The third-order valence-electron chi connectivity index (χ3n) is 6.45. The number of pyridine rings is 1. The number of nitrogen functional groups attached to an aromatic ring is 1. The number of benzene rings is 2. The SMILES string of the molecule is CC(Oc1cccc2ncc(-c3cnc(Nc4ccc(C(=O)Nc5ccccc5N)cc4)s3)n12)C1CC1. The van der Waals surface area contributed by atoms with Crippen LogP contribution >= 0.6 is 11.3 Å². The molecule has 1 amide bonds. The zero-order chi connectivity index (χ0) is 25.4. The maximum absolute atomic E-state index is 12.6. The molecule has 1 fully saturated rings. The number of carbonyl (C=O) groups excluding carboxylic acids is 1. The average molecular weight is 511 g/mol. The number of aromatic nitrogens is 3. The summed E-state index contributed by atoms with van der Waals surface area (Å²) in [6, 6.07) is 20.3. The quantitative estimate of drug-likeness (QED) is 0.214. The van der Waals surface area contributed by atoms with E-state index in [2.05, 4.69) is 27.5 Å². The van der Waals surface area contributed by atoms with E-state index in [0.717, 1.165) is 32.9 Å². The Kier molecular flexibility index (Phi) is 5.97. The smallest absolute Gasteiger partial charge is 0.255 e. The number of anilines is 4. The molecular weight excluding hydrogens is 484 g/mol. The maximum atomic E-state index is 12.6. The summed E-state index contributed by atoms with van der Waals surface area (Å²) >= 11 is 1.53. The number of nitrogens with zero attached hydrogens (tertiary/aromatic N) is 3. The Bertz CT molecular complexity index is 1570. The summed E-state index contributed by atoms with van der Waals surface area (Å²) < 4.78 is 8.35. The number of hydrogen-bond donors (Lipinski definition) is 3. The van der Waals surface area contributed by atoms with Gasteiger partial charge in [-0.25, -0.2) is 9.97 Å². The van der Waals surface area contributed by atoms with Crippen molar-refractivity contribution in [2.24, 2.45) is 5.92 Å². The van der Waals surface area contributed by atoms with E-state index in [4.69, 9.17) is 10.5 Å². The van der Waals surface area contributed by atoms with Crippen molar-refractivity contribution in [3.63, 3.8) is 0 Å². The summed E-state index contributed by atoms with van der Waals surface area (Å²) in [4.78, 5) is 22.7. The normalized spacial score (nSPS) is 13.9. The number of para-hydroxylation sites is 2. The van der Waals surface area contributed by atoms with Crippen LogP contribution in [0.4, 0.5) is 22.2 Å². The number of imidazole rings is 1. The van der Waals surface area contributed by atoms with Gasteiger partial charge in [0.05, 0.1) is 28.1 Å². The molecule has 0 radical (unpaired) electrons. The van der Waals surface area contributed by atoms with Crippen LogP contribution in [-0.4, -0.2) is 26.4 Å². The van der Waals surface area contributed by atoms with Crippen molar-refractivity contribution in [2.45, 2.75) is 25.9 Å². The summed E-state index contributed by atoms with van der Waals surface area (Å²) in [7, 11) is 0. The number of ether oxygens (including phenoxy) is 1. The van der Waals surface area contributed by atoms with E-state index in [1.54, 1.807) is 24.3 Å². The molecule has 4 N–H and O–H groups in total. The lowest BCUT2D eigenvalue weighted by Crippen LogP contribution is -2.15. The Morgan fingerprint density at radius 1 is 1.05 bits per heavy atom. The van der Waals surface area contributed by atoms with Crippen molar-refractivity contribution in [3.8, 4) is 16.5 Å². The van der Waals surface area contributed by atoms with Crippen molar-refractivity contribution in [3.05, 3.63) is 84.7 Å². The van der Waals surface area contributed by atoms with Gasteiger partial charge in [-0.05, 0) is 74.2 Å². The number of amides is 1. The van der Waals surface area contributed by atoms with Crippen molar-refractivity contribution in [1.29, 1.82) is 0 Å². The van der Waals surface area contributed by atoms with Gasteiger partial charge in [-0.2, -0.15) is 0 Å². The minimum absolute atomic E-state index is 0.176. The lowest BCUT2D eigenvalue weighted by atomic mass is 10.2. The van der Waals surface area contributed by atoms with Crippen molar-refractivity contribution >= 4 is 45.1 Å². The van der Waals surface area contributed by atoms with Crippen LogP contribution in [0.15, 0.2) is 79.1 Å². The van der Waals surface area contributed by atoms with Gasteiger partial charge >= 0.3 is 0 Å². The molecule has 0 bridgehead atoms. The summed E-state index contributed by atoms with van der Waals surface area (Å²) in [5, 5.41) is 6.91.